The summed E-state index contributed by atoms with van der Waals surface area (Å²) in [4.78, 5) is 0. The van der Waals surface area contributed by atoms with Crippen LogP contribution in [0.3, 0.4) is 0 Å². The van der Waals surface area contributed by atoms with Gasteiger partial charge in [0.1, 0.15) is 0 Å². The molecule has 3 heteroatoms. The number of hydrogen-bond donors (Lipinski definition) is 0. The maximum absolute atomic E-state index is 10.4. The summed E-state index contributed by atoms with van der Waals surface area (Å²) in [6.45, 7) is 1.86. The van der Waals surface area contributed by atoms with Crippen LogP contribution in [0.15, 0.2) is 18.2 Å². The Morgan fingerprint density at radius 2 is 2.18 bits per heavy atom. The topological polar surface area (TPSA) is 26.3 Å². The van der Waals surface area contributed by atoms with E-state index in [0.717, 1.165) is 18.5 Å². The Hall–Kier alpha value is -1.12. The predicted molar refractivity (Wildman–Crippen MR) is 43.8 cm³/mol. The van der Waals surface area contributed by atoms with Crippen molar-refractivity contribution in [2.45, 2.75) is 6.92 Å². The summed E-state index contributed by atoms with van der Waals surface area (Å²) in [6.07, 6.45) is 0. The van der Waals surface area contributed by atoms with Crippen LogP contribution in [0.2, 0.25) is 0 Å². The molecular weight excluding hydrogens is 139 g/mol. The Morgan fingerprint density at radius 3 is 2.73 bits per heavy atom. The van der Waals surface area contributed by atoms with E-state index >= 15 is 0 Å². The van der Waals surface area contributed by atoms with Crippen LogP contribution in [-0.2, 0) is 4.70 Å². The van der Waals surface area contributed by atoms with E-state index in [2.05, 4.69) is 0 Å². The van der Waals surface area contributed by atoms with Gasteiger partial charge in [0.15, 0.2) is 0 Å². The predicted octanol–water partition coefficient (Wildman–Crippen LogP) is 0.679. The van der Waals surface area contributed by atoms with Crippen LogP contribution in [0, 0.1) is 6.92 Å². The molecule has 0 saturated heterocycles. The standard InChI is InChI=1S/C8H9BO2/c1-6-7(9-10)4-3-5-8(6)11-2/h3-5H,1-2H3. The van der Waals surface area contributed by atoms with Gasteiger partial charge in [0.2, 0.25) is 0 Å². The number of methoxy groups -OCH3 is 1. The fourth-order valence-corrected chi connectivity index (χ4v) is 0.980. The number of hydrogen-bond acceptors (Lipinski definition) is 2. The summed E-state index contributed by atoms with van der Waals surface area (Å²) in [5, 5.41) is 0. The second kappa shape index (κ2) is 3.33. The van der Waals surface area contributed by atoms with Crippen molar-refractivity contribution in [2.24, 2.45) is 0 Å². The van der Waals surface area contributed by atoms with Crippen LogP contribution in [0.1, 0.15) is 5.56 Å². The van der Waals surface area contributed by atoms with Gasteiger partial charge in [-0.2, -0.15) is 0 Å². The zero-order valence-corrected chi connectivity index (χ0v) is 6.63. The molecule has 2 nitrogen and oxygen atoms in total. The Balaban J connectivity index is 3.20. The quantitative estimate of drug-likeness (QED) is 0.576. The molecule has 1 rings (SSSR count). The first-order chi connectivity index (χ1) is 5.29. The van der Waals surface area contributed by atoms with Gasteiger partial charge in [-0.25, -0.2) is 0 Å². The van der Waals surface area contributed by atoms with Crippen LogP contribution < -0.4 is 10.2 Å². The van der Waals surface area contributed by atoms with E-state index in [0.29, 0.717) is 5.46 Å². The minimum atomic E-state index is 0.685. The summed E-state index contributed by atoms with van der Waals surface area (Å²) in [5.41, 5.74) is 1.58. The Bertz CT molecular complexity index is 271. The molecule has 0 amide bonds. The maximum atomic E-state index is 10.4. The normalized spacial score (nSPS) is 8.91. The minimum absolute atomic E-state index is 0.685. The molecule has 56 valence electrons. The van der Waals surface area contributed by atoms with E-state index in [9.17, 15) is 4.70 Å². The first-order valence-corrected chi connectivity index (χ1v) is 3.38. The zero-order valence-electron chi connectivity index (χ0n) is 6.63. The third kappa shape index (κ3) is 1.48. The summed E-state index contributed by atoms with van der Waals surface area (Å²) >= 11 is 0. The number of rotatable bonds is 2. The second-order valence-corrected chi connectivity index (χ2v) is 2.29. The molecule has 0 fully saturated rings. The van der Waals surface area contributed by atoms with E-state index < -0.39 is 0 Å². The van der Waals surface area contributed by atoms with Gasteiger partial charge in [-0.15, -0.1) is 0 Å². The van der Waals surface area contributed by atoms with Gasteiger partial charge in [-0.3, -0.25) is 0 Å². The fraction of sp³-hybridized carbons (Fsp3) is 0.250. The second-order valence-electron chi connectivity index (χ2n) is 2.29. The molecule has 0 aromatic heterocycles. The van der Waals surface area contributed by atoms with Crippen molar-refractivity contribution in [3.63, 3.8) is 0 Å². The van der Waals surface area contributed by atoms with Gasteiger partial charge in [-0.05, 0) is 0 Å². The molecule has 0 radical (unpaired) electrons. The van der Waals surface area contributed by atoms with E-state index in [-0.39, 0.29) is 0 Å². The zero-order chi connectivity index (χ0) is 8.27. The average molecular weight is 148 g/mol. The van der Waals surface area contributed by atoms with Crippen molar-refractivity contribution in [3.8, 4) is 5.75 Å². The van der Waals surface area contributed by atoms with Crippen LogP contribution >= 0.6 is 0 Å². The summed E-state index contributed by atoms with van der Waals surface area (Å²) < 4.78 is 15.5. The molecule has 0 N–H and O–H groups in total. The molecule has 0 aliphatic heterocycles. The van der Waals surface area contributed by atoms with Gasteiger partial charge in [0, 0.05) is 0 Å². The van der Waals surface area contributed by atoms with Crippen molar-refractivity contribution >= 4 is 12.6 Å². The molecule has 0 unspecified atom stereocenters. The van der Waals surface area contributed by atoms with Gasteiger partial charge in [-0.1, -0.05) is 0 Å². The third-order valence-corrected chi connectivity index (χ3v) is 1.67. The molecule has 0 bridgehead atoms. The van der Waals surface area contributed by atoms with E-state index in [1.807, 2.05) is 13.0 Å². The number of ether oxygens (including phenoxy) is 1. The van der Waals surface area contributed by atoms with E-state index in [1.54, 1.807) is 19.2 Å². The van der Waals surface area contributed by atoms with Gasteiger partial charge in [0.05, 0.1) is 0 Å². The Morgan fingerprint density at radius 1 is 1.45 bits per heavy atom. The van der Waals surface area contributed by atoms with Crippen molar-refractivity contribution in [1.82, 2.24) is 0 Å². The first kappa shape index (κ1) is 7.99. The van der Waals surface area contributed by atoms with Gasteiger partial charge in [0.25, 0.3) is 0 Å². The van der Waals surface area contributed by atoms with E-state index in [1.165, 1.54) is 0 Å². The summed E-state index contributed by atoms with van der Waals surface area (Å²) in [5.74, 6) is 0.759. The Labute approximate surface area is 66.4 Å². The summed E-state index contributed by atoms with van der Waals surface area (Å²) in [6, 6.07) is 5.41. The molecule has 11 heavy (non-hydrogen) atoms. The van der Waals surface area contributed by atoms with Crippen LogP contribution in [0.5, 0.6) is 5.75 Å². The van der Waals surface area contributed by atoms with Crippen molar-refractivity contribution in [2.75, 3.05) is 7.11 Å². The first-order valence-electron chi connectivity index (χ1n) is 3.38. The van der Waals surface area contributed by atoms with Crippen LogP contribution in [0.4, 0.5) is 0 Å². The molecule has 0 heterocycles. The van der Waals surface area contributed by atoms with Crippen molar-refractivity contribution in [1.29, 1.82) is 0 Å². The molecule has 1 aromatic rings. The van der Waals surface area contributed by atoms with Crippen molar-refractivity contribution in [3.05, 3.63) is 23.8 Å². The van der Waals surface area contributed by atoms with Crippen LogP contribution in [-0.4, -0.2) is 14.3 Å². The van der Waals surface area contributed by atoms with Crippen molar-refractivity contribution < 1.29 is 9.44 Å². The number of benzene rings is 1. The molecule has 1 aromatic carbocycles. The van der Waals surface area contributed by atoms with Crippen LogP contribution in [0.25, 0.3) is 0 Å². The summed E-state index contributed by atoms with van der Waals surface area (Å²) in [7, 11) is 2.43. The Kier molecular flexibility index (Phi) is 2.42. The third-order valence-electron chi connectivity index (χ3n) is 1.67. The van der Waals surface area contributed by atoms with E-state index in [4.69, 9.17) is 4.74 Å². The SMILES string of the molecule is COc1cccc(B=O)c1C. The molecule has 0 aliphatic carbocycles. The average Bonchev–Trinajstić information content (AvgIpc) is 2.05. The van der Waals surface area contributed by atoms with Gasteiger partial charge >= 0.3 is 65.6 Å². The molecular formula is C8H9BO2. The van der Waals surface area contributed by atoms with Gasteiger partial charge < -0.3 is 0 Å². The molecule has 0 spiro atoms. The fourth-order valence-electron chi connectivity index (χ4n) is 0.980. The molecule has 0 atom stereocenters. The molecule has 0 saturated carbocycles. The molecule has 0 aliphatic rings. The monoisotopic (exact) mass is 148 g/mol.